The number of aliphatic hydroxyl groups excluding tert-OH is 1. The molecule has 0 aliphatic heterocycles. The number of rotatable bonds is 4. The topological polar surface area (TPSA) is 29.5 Å². The van der Waals surface area contributed by atoms with Gasteiger partial charge in [0, 0.05) is 16.0 Å². The van der Waals surface area contributed by atoms with Gasteiger partial charge in [0.15, 0.2) is 0 Å². The Morgan fingerprint density at radius 2 is 2.00 bits per heavy atom. The van der Waals surface area contributed by atoms with Crippen LogP contribution >= 0.6 is 11.6 Å². The molecule has 1 aromatic carbocycles. The Hall–Kier alpha value is -0.730. The largest absolute Gasteiger partial charge is 0.496 e. The van der Waals surface area contributed by atoms with Crippen LogP contribution in [-0.4, -0.2) is 18.8 Å². The SMILES string of the molecule is CCc1cc(Cl)cc(C(C)(C)CO)c1OC. The summed E-state index contributed by atoms with van der Waals surface area (Å²) in [5, 5.41) is 10.1. The van der Waals surface area contributed by atoms with E-state index < -0.39 is 0 Å². The van der Waals surface area contributed by atoms with E-state index in [1.807, 2.05) is 26.0 Å². The van der Waals surface area contributed by atoms with Crippen molar-refractivity contribution in [3.05, 3.63) is 28.3 Å². The molecule has 0 fully saturated rings. The minimum atomic E-state index is -0.347. The van der Waals surface area contributed by atoms with Gasteiger partial charge in [-0.1, -0.05) is 32.4 Å². The molecule has 16 heavy (non-hydrogen) atoms. The predicted octanol–water partition coefficient (Wildman–Crippen LogP) is 3.18. The monoisotopic (exact) mass is 242 g/mol. The van der Waals surface area contributed by atoms with Crippen LogP contribution < -0.4 is 4.74 Å². The van der Waals surface area contributed by atoms with Crippen LogP contribution in [0.5, 0.6) is 5.75 Å². The Labute approximate surface area is 102 Å². The summed E-state index contributed by atoms with van der Waals surface area (Å²) in [7, 11) is 1.65. The zero-order valence-electron chi connectivity index (χ0n) is 10.3. The van der Waals surface area contributed by atoms with Crippen LogP contribution in [0.2, 0.25) is 5.02 Å². The van der Waals surface area contributed by atoms with Crippen molar-refractivity contribution >= 4 is 11.6 Å². The summed E-state index contributed by atoms with van der Waals surface area (Å²) in [5.41, 5.74) is 1.69. The zero-order chi connectivity index (χ0) is 12.3. The highest BCUT2D eigenvalue weighted by atomic mass is 35.5. The normalized spacial score (nSPS) is 11.6. The van der Waals surface area contributed by atoms with Gasteiger partial charge in [0.05, 0.1) is 13.7 Å². The maximum Gasteiger partial charge on any atom is 0.125 e. The number of hydrogen-bond donors (Lipinski definition) is 1. The molecular formula is C13H19ClO2. The minimum Gasteiger partial charge on any atom is -0.496 e. The average Bonchev–Trinajstić information content (AvgIpc) is 2.27. The van der Waals surface area contributed by atoms with Gasteiger partial charge in [-0.15, -0.1) is 0 Å². The van der Waals surface area contributed by atoms with Gasteiger partial charge in [0.1, 0.15) is 5.75 Å². The van der Waals surface area contributed by atoms with Crippen molar-refractivity contribution in [2.75, 3.05) is 13.7 Å². The van der Waals surface area contributed by atoms with E-state index in [-0.39, 0.29) is 12.0 Å². The highest BCUT2D eigenvalue weighted by Crippen LogP contribution is 2.36. The molecule has 0 saturated heterocycles. The van der Waals surface area contributed by atoms with E-state index in [9.17, 15) is 5.11 Å². The first-order valence-electron chi connectivity index (χ1n) is 5.44. The molecule has 0 spiro atoms. The fourth-order valence-electron chi connectivity index (χ4n) is 1.74. The molecule has 0 amide bonds. The quantitative estimate of drug-likeness (QED) is 0.879. The van der Waals surface area contributed by atoms with Crippen molar-refractivity contribution in [1.29, 1.82) is 0 Å². The van der Waals surface area contributed by atoms with E-state index in [0.29, 0.717) is 5.02 Å². The second-order valence-corrected chi connectivity index (χ2v) is 4.98. The first kappa shape index (κ1) is 13.3. The van der Waals surface area contributed by atoms with E-state index >= 15 is 0 Å². The molecular weight excluding hydrogens is 224 g/mol. The molecule has 0 aromatic heterocycles. The summed E-state index contributed by atoms with van der Waals surface area (Å²) in [5.74, 6) is 0.839. The third-order valence-electron chi connectivity index (χ3n) is 2.84. The van der Waals surface area contributed by atoms with Gasteiger partial charge in [-0.3, -0.25) is 0 Å². The lowest BCUT2D eigenvalue weighted by Gasteiger charge is -2.26. The van der Waals surface area contributed by atoms with Gasteiger partial charge in [-0.2, -0.15) is 0 Å². The second-order valence-electron chi connectivity index (χ2n) is 4.54. The van der Waals surface area contributed by atoms with Gasteiger partial charge >= 0.3 is 0 Å². The first-order chi connectivity index (χ1) is 7.46. The van der Waals surface area contributed by atoms with Crippen molar-refractivity contribution in [1.82, 2.24) is 0 Å². The molecule has 0 saturated carbocycles. The van der Waals surface area contributed by atoms with Crippen molar-refractivity contribution in [3.8, 4) is 5.75 Å². The Morgan fingerprint density at radius 3 is 2.44 bits per heavy atom. The van der Waals surface area contributed by atoms with Crippen LogP contribution in [0.15, 0.2) is 12.1 Å². The van der Waals surface area contributed by atoms with Crippen LogP contribution in [-0.2, 0) is 11.8 Å². The minimum absolute atomic E-state index is 0.0624. The van der Waals surface area contributed by atoms with Crippen molar-refractivity contribution in [2.45, 2.75) is 32.6 Å². The van der Waals surface area contributed by atoms with E-state index in [0.717, 1.165) is 23.3 Å². The third kappa shape index (κ3) is 2.50. The molecule has 0 radical (unpaired) electrons. The molecule has 1 N–H and O–H groups in total. The summed E-state index contributed by atoms with van der Waals surface area (Å²) >= 11 is 6.08. The zero-order valence-corrected chi connectivity index (χ0v) is 11.1. The Balaban J connectivity index is 3.42. The molecule has 1 aromatic rings. The van der Waals surface area contributed by atoms with E-state index in [4.69, 9.17) is 16.3 Å². The maximum atomic E-state index is 9.42. The Kier molecular flexibility index (Phi) is 4.22. The Morgan fingerprint density at radius 1 is 1.38 bits per heavy atom. The predicted molar refractivity (Wildman–Crippen MR) is 67.5 cm³/mol. The van der Waals surface area contributed by atoms with Gasteiger partial charge in [-0.25, -0.2) is 0 Å². The van der Waals surface area contributed by atoms with Crippen molar-refractivity contribution < 1.29 is 9.84 Å². The fraction of sp³-hybridized carbons (Fsp3) is 0.538. The highest BCUT2D eigenvalue weighted by molar-refractivity contribution is 6.30. The van der Waals surface area contributed by atoms with Gasteiger partial charge in [0.2, 0.25) is 0 Å². The number of hydrogen-bond acceptors (Lipinski definition) is 2. The standard InChI is InChI=1S/C13H19ClO2/c1-5-9-6-10(14)7-11(12(9)16-4)13(2,3)8-15/h6-7,15H,5,8H2,1-4H3. The summed E-state index contributed by atoms with van der Waals surface area (Å²) in [4.78, 5) is 0. The molecule has 2 nitrogen and oxygen atoms in total. The highest BCUT2D eigenvalue weighted by Gasteiger charge is 2.25. The number of ether oxygens (including phenoxy) is 1. The molecule has 0 aliphatic rings. The number of methoxy groups -OCH3 is 1. The molecule has 0 unspecified atom stereocenters. The molecule has 0 aliphatic carbocycles. The lowest BCUT2D eigenvalue weighted by Crippen LogP contribution is -2.23. The van der Waals surface area contributed by atoms with E-state index in [1.54, 1.807) is 7.11 Å². The lowest BCUT2D eigenvalue weighted by atomic mass is 9.83. The molecule has 0 atom stereocenters. The molecule has 0 heterocycles. The molecule has 0 bridgehead atoms. The molecule has 1 rings (SSSR count). The summed E-state index contributed by atoms with van der Waals surface area (Å²) in [6.45, 7) is 6.07. The van der Waals surface area contributed by atoms with Crippen LogP contribution in [0.1, 0.15) is 31.9 Å². The lowest BCUT2D eigenvalue weighted by molar-refractivity contribution is 0.214. The first-order valence-corrected chi connectivity index (χ1v) is 5.81. The molecule has 90 valence electrons. The second kappa shape index (κ2) is 5.07. The van der Waals surface area contributed by atoms with Crippen molar-refractivity contribution in [2.24, 2.45) is 0 Å². The van der Waals surface area contributed by atoms with Crippen LogP contribution in [0.4, 0.5) is 0 Å². The van der Waals surface area contributed by atoms with Crippen molar-refractivity contribution in [3.63, 3.8) is 0 Å². The number of halogens is 1. The smallest absolute Gasteiger partial charge is 0.125 e. The van der Waals surface area contributed by atoms with Crippen LogP contribution in [0.25, 0.3) is 0 Å². The van der Waals surface area contributed by atoms with E-state index in [1.165, 1.54) is 0 Å². The number of benzene rings is 1. The average molecular weight is 243 g/mol. The van der Waals surface area contributed by atoms with Crippen LogP contribution in [0.3, 0.4) is 0 Å². The van der Waals surface area contributed by atoms with Crippen LogP contribution in [0, 0.1) is 0 Å². The summed E-state index contributed by atoms with van der Waals surface area (Å²) in [6, 6.07) is 3.78. The summed E-state index contributed by atoms with van der Waals surface area (Å²) in [6.07, 6.45) is 0.859. The summed E-state index contributed by atoms with van der Waals surface area (Å²) < 4.78 is 5.44. The number of aryl methyl sites for hydroxylation is 1. The fourth-order valence-corrected chi connectivity index (χ4v) is 1.98. The Bertz CT molecular complexity index is 372. The van der Waals surface area contributed by atoms with Gasteiger partial charge in [0.25, 0.3) is 0 Å². The van der Waals surface area contributed by atoms with Gasteiger partial charge < -0.3 is 9.84 Å². The van der Waals surface area contributed by atoms with E-state index in [2.05, 4.69) is 6.92 Å². The van der Waals surface area contributed by atoms with Gasteiger partial charge in [-0.05, 0) is 24.1 Å². The third-order valence-corrected chi connectivity index (χ3v) is 3.06. The maximum absolute atomic E-state index is 9.42. The molecule has 3 heteroatoms. The number of aliphatic hydroxyl groups is 1.